The second-order valence-electron chi connectivity index (χ2n) is 6.85. The molecule has 2 aliphatic rings. The van der Waals surface area contributed by atoms with Crippen LogP contribution in [0.15, 0.2) is 0 Å². The summed E-state index contributed by atoms with van der Waals surface area (Å²) in [4.78, 5) is 14.3. The van der Waals surface area contributed by atoms with Crippen LogP contribution in [-0.2, 0) is 13.0 Å². The minimum Gasteiger partial charge on any atom is -0.356 e. The van der Waals surface area contributed by atoms with Gasteiger partial charge in [-0.2, -0.15) is 4.98 Å². The van der Waals surface area contributed by atoms with Crippen molar-refractivity contribution in [2.24, 2.45) is 0 Å². The Kier molecular flexibility index (Phi) is 5.67. The van der Waals surface area contributed by atoms with Crippen LogP contribution in [0, 0.1) is 0 Å². The van der Waals surface area contributed by atoms with E-state index < -0.39 is 0 Å². The largest absolute Gasteiger partial charge is 0.356 e. The monoisotopic (exact) mass is 318 g/mol. The smallest absolute Gasteiger partial charge is 0.224 e. The standard InChI is InChI=1S/C17H30N6/c1-22(2)12-9-19-17-20-15-7-8-18-13-14(15)16(21-17)23-10-5-3-4-6-11-23/h18H,3-13H2,1-2H3,(H,19,20,21). The van der Waals surface area contributed by atoms with Gasteiger partial charge in [-0.15, -0.1) is 0 Å². The minimum atomic E-state index is 0.798. The maximum atomic E-state index is 4.89. The Morgan fingerprint density at radius 2 is 1.91 bits per heavy atom. The molecule has 1 fully saturated rings. The fourth-order valence-corrected chi connectivity index (χ4v) is 3.34. The number of rotatable bonds is 5. The summed E-state index contributed by atoms with van der Waals surface area (Å²) < 4.78 is 0. The lowest BCUT2D eigenvalue weighted by molar-refractivity contribution is 0.425. The molecular weight excluding hydrogens is 288 g/mol. The van der Waals surface area contributed by atoms with Crippen molar-refractivity contribution in [1.29, 1.82) is 0 Å². The molecule has 1 aromatic heterocycles. The van der Waals surface area contributed by atoms with E-state index in [1.807, 2.05) is 0 Å². The maximum absolute atomic E-state index is 4.89. The lowest BCUT2D eigenvalue weighted by Gasteiger charge is -2.28. The van der Waals surface area contributed by atoms with E-state index in [1.165, 1.54) is 36.9 Å². The molecule has 1 saturated heterocycles. The van der Waals surface area contributed by atoms with Crippen LogP contribution in [0.2, 0.25) is 0 Å². The van der Waals surface area contributed by atoms with Crippen molar-refractivity contribution < 1.29 is 0 Å². The summed E-state index contributed by atoms with van der Waals surface area (Å²) in [5, 5.41) is 6.89. The first-order valence-corrected chi connectivity index (χ1v) is 8.98. The summed E-state index contributed by atoms with van der Waals surface area (Å²) in [5.41, 5.74) is 2.54. The van der Waals surface area contributed by atoms with Crippen LogP contribution in [0.3, 0.4) is 0 Å². The summed E-state index contributed by atoms with van der Waals surface area (Å²) in [6.45, 7) is 6.03. The number of fused-ring (bicyclic) bond motifs is 1. The minimum absolute atomic E-state index is 0.798. The molecule has 0 saturated carbocycles. The molecule has 0 spiro atoms. The molecule has 3 heterocycles. The Morgan fingerprint density at radius 1 is 1.13 bits per heavy atom. The van der Waals surface area contributed by atoms with Gasteiger partial charge in [-0.05, 0) is 26.9 Å². The first-order valence-electron chi connectivity index (χ1n) is 8.98. The molecule has 2 aliphatic heterocycles. The van der Waals surface area contributed by atoms with Gasteiger partial charge in [0.05, 0.1) is 5.69 Å². The van der Waals surface area contributed by atoms with Gasteiger partial charge in [-0.25, -0.2) is 4.98 Å². The van der Waals surface area contributed by atoms with Crippen molar-refractivity contribution >= 4 is 11.8 Å². The zero-order valence-corrected chi connectivity index (χ0v) is 14.6. The van der Waals surface area contributed by atoms with E-state index in [0.717, 1.165) is 57.5 Å². The average Bonchev–Trinajstić information content (AvgIpc) is 2.83. The molecule has 3 rings (SSSR count). The Labute approximate surface area is 139 Å². The van der Waals surface area contributed by atoms with Gasteiger partial charge in [0.2, 0.25) is 5.95 Å². The third-order valence-electron chi connectivity index (χ3n) is 4.66. The number of likely N-dealkylation sites (N-methyl/N-ethyl adjacent to an activating group) is 1. The van der Waals surface area contributed by atoms with Crippen molar-refractivity contribution in [3.63, 3.8) is 0 Å². The van der Waals surface area contributed by atoms with Gasteiger partial charge in [-0.3, -0.25) is 0 Å². The van der Waals surface area contributed by atoms with E-state index in [9.17, 15) is 0 Å². The number of nitrogens with one attached hydrogen (secondary N) is 2. The Balaban J connectivity index is 1.82. The molecule has 0 radical (unpaired) electrons. The SMILES string of the molecule is CN(C)CCNc1nc2c(c(N3CCCCCC3)n1)CNCC2. The topological polar surface area (TPSA) is 56.3 Å². The van der Waals surface area contributed by atoms with Crippen molar-refractivity contribution in [3.05, 3.63) is 11.3 Å². The predicted molar refractivity (Wildman–Crippen MR) is 95.2 cm³/mol. The summed E-state index contributed by atoms with van der Waals surface area (Å²) in [6, 6.07) is 0. The van der Waals surface area contributed by atoms with E-state index in [1.54, 1.807) is 0 Å². The fourth-order valence-electron chi connectivity index (χ4n) is 3.34. The van der Waals surface area contributed by atoms with Crippen molar-refractivity contribution in [2.45, 2.75) is 38.6 Å². The molecule has 6 nitrogen and oxygen atoms in total. The van der Waals surface area contributed by atoms with Crippen molar-refractivity contribution in [3.8, 4) is 0 Å². The quantitative estimate of drug-likeness (QED) is 0.858. The summed E-state index contributed by atoms with van der Waals surface area (Å²) in [7, 11) is 4.17. The van der Waals surface area contributed by atoms with Crippen molar-refractivity contribution in [1.82, 2.24) is 20.2 Å². The van der Waals surface area contributed by atoms with Crippen molar-refractivity contribution in [2.75, 3.05) is 57.0 Å². The average molecular weight is 318 g/mol. The zero-order valence-electron chi connectivity index (χ0n) is 14.6. The highest BCUT2D eigenvalue weighted by atomic mass is 15.2. The Bertz CT molecular complexity index is 508. The molecule has 23 heavy (non-hydrogen) atoms. The van der Waals surface area contributed by atoms with Gasteiger partial charge in [-0.1, -0.05) is 12.8 Å². The maximum Gasteiger partial charge on any atom is 0.224 e. The van der Waals surface area contributed by atoms with Crippen LogP contribution < -0.4 is 15.5 Å². The predicted octanol–water partition coefficient (Wildman–Crippen LogP) is 1.48. The molecule has 0 bridgehead atoms. The Morgan fingerprint density at radius 3 is 2.65 bits per heavy atom. The van der Waals surface area contributed by atoms with Crippen LogP contribution in [0.25, 0.3) is 0 Å². The normalized spacial score (nSPS) is 18.7. The molecule has 0 aromatic carbocycles. The van der Waals surface area contributed by atoms with Gasteiger partial charge < -0.3 is 20.4 Å². The summed E-state index contributed by atoms with van der Waals surface area (Å²) >= 11 is 0. The van der Waals surface area contributed by atoms with Crippen LogP contribution in [-0.4, -0.2) is 61.7 Å². The lowest BCUT2D eigenvalue weighted by Crippen LogP contribution is -2.32. The van der Waals surface area contributed by atoms with Gasteiger partial charge in [0.1, 0.15) is 5.82 Å². The fraction of sp³-hybridized carbons (Fsp3) is 0.765. The van der Waals surface area contributed by atoms with Crippen LogP contribution >= 0.6 is 0 Å². The molecule has 0 atom stereocenters. The highest BCUT2D eigenvalue weighted by Crippen LogP contribution is 2.27. The number of nitrogens with zero attached hydrogens (tertiary/aromatic N) is 4. The lowest BCUT2D eigenvalue weighted by atomic mass is 10.1. The molecule has 2 N–H and O–H groups in total. The van der Waals surface area contributed by atoms with Gasteiger partial charge in [0.25, 0.3) is 0 Å². The summed E-state index contributed by atoms with van der Waals surface area (Å²) in [5.74, 6) is 1.96. The van der Waals surface area contributed by atoms with Crippen LogP contribution in [0.1, 0.15) is 36.9 Å². The van der Waals surface area contributed by atoms with Crippen LogP contribution in [0.5, 0.6) is 0 Å². The summed E-state index contributed by atoms with van der Waals surface area (Å²) in [6.07, 6.45) is 6.23. The molecule has 0 unspecified atom stereocenters. The molecule has 0 aliphatic carbocycles. The second kappa shape index (κ2) is 7.93. The molecule has 128 valence electrons. The highest BCUT2D eigenvalue weighted by Gasteiger charge is 2.22. The molecule has 0 amide bonds. The van der Waals surface area contributed by atoms with Gasteiger partial charge >= 0.3 is 0 Å². The molecule has 6 heteroatoms. The zero-order chi connectivity index (χ0) is 16.1. The van der Waals surface area contributed by atoms with E-state index in [2.05, 4.69) is 34.5 Å². The molecular formula is C17H30N6. The van der Waals surface area contributed by atoms with E-state index in [4.69, 9.17) is 9.97 Å². The first kappa shape index (κ1) is 16.5. The highest BCUT2D eigenvalue weighted by molar-refractivity contribution is 5.53. The Hall–Kier alpha value is -1.40. The van der Waals surface area contributed by atoms with Gasteiger partial charge in [0, 0.05) is 51.3 Å². The first-order chi connectivity index (χ1) is 11.2. The number of hydrogen-bond donors (Lipinski definition) is 2. The van der Waals surface area contributed by atoms with E-state index in [-0.39, 0.29) is 0 Å². The third-order valence-corrected chi connectivity index (χ3v) is 4.66. The van der Waals surface area contributed by atoms with E-state index in [0.29, 0.717) is 0 Å². The van der Waals surface area contributed by atoms with E-state index >= 15 is 0 Å². The number of anilines is 2. The molecule has 1 aromatic rings. The number of hydrogen-bond acceptors (Lipinski definition) is 6. The van der Waals surface area contributed by atoms with Crippen LogP contribution in [0.4, 0.5) is 11.8 Å². The number of aromatic nitrogens is 2. The third kappa shape index (κ3) is 4.32. The second-order valence-corrected chi connectivity index (χ2v) is 6.85. The van der Waals surface area contributed by atoms with Gasteiger partial charge in [0.15, 0.2) is 0 Å².